The summed E-state index contributed by atoms with van der Waals surface area (Å²) >= 11 is 0. The Morgan fingerprint density at radius 2 is 1.66 bits per heavy atom. The van der Waals surface area contributed by atoms with Crippen LogP contribution in [0.4, 0.5) is 13.2 Å². The molecule has 9 heteroatoms. The predicted molar refractivity (Wildman–Crippen MR) is 100 cm³/mol. The molecule has 0 unspecified atom stereocenters. The van der Waals surface area contributed by atoms with Gasteiger partial charge in [-0.3, -0.25) is 4.79 Å². The minimum atomic E-state index is -4.52. The molecule has 1 aromatic heterocycles. The van der Waals surface area contributed by atoms with Gasteiger partial charge in [-0.25, -0.2) is 0 Å². The topological polar surface area (TPSA) is 83.0 Å². The number of primary amides is 1. The van der Waals surface area contributed by atoms with Crippen LogP contribution in [-0.4, -0.2) is 20.7 Å². The number of carbonyl (C=O) groups excluding carboxylic acids is 1. The van der Waals surface area contributed by atoms with E-state index in [1.54, 1.807) is 33.0 Å². The van der Waals surface area contributed by atoms with Gasteiger partial charge in [0.2, 0.25) is 5.91 Å². The van der Waals surface area contributed by atoms with Gasteiger partial charge in [0.05, 0.1) is 5.56 Å². The van der Waals surface area contributed by atoms with Crippen LogP contribution >= 0.6 is 0 Å². The monoisotopic (exact) mass is 404 g/mol. The fraction of sp³-hybridized carbons (Fsp3) is 0.250. The van der Waals surface area contributed by atoms with Crippen LogP contribution in [0.2, 0.25) is 0 Å². The number of alkyl halides is 3. The first-order chi connectivity index (χ1) is 13.5. The molecular weight excluding hydrogens is 385 g/mol. The molecule has 0 aliphatic carbocycles. The van der Waals surface area contributed by atoms with Crippen molar-refractivity contribution in [1.82, 2.24) is 14.8 Å². The molecule has 3 aromatic rings. The number of aromatic nitrogens is 3. The molecule has 0 fully saturated rings. The van der Waals surface area contributed by atoms with Crippen molar-refractivity contribution in [3.63, 3.8) is 0 Å². The summed E-state index contributed by atoms with van der Waals surface area (Å²) in [6.07, 6.45) is -4.52. The van der Waals surface area contributed by atoms with Crippen LogP contribution < -0.4 is 10.5 Å². The molecule has 0 saturated heterocycles. The molecule has 3 rings (SSSR count). The predicted octanol–water partition coefficient (Wildman–Crippen LogP) is 3.91. The Bertz CT molecular complexity index is 1040. The number of nitrogens with two attached hydrogens (primary N) is 1. The van der Waals surface area contributed by atoms with Crippen molar-refractivity contribution in [1.29, 1.82) is 0 Å². The van der Waals surface area contributed by atoms with Crippen molar-refractivity contribution in [2.45, 2.75) is 25.6 Å². The molecule has 0 aliphatic heterocycles. The third kappa shape index (κ3) is 4.08. The molecule has 2 aromatic carbocycles. The largest absolute Gasteiger partial charge is 0.480 e. The normalized spacial score (nSPS) is 12.1. The second kappa shape index (κ2) is 7.23. The molecule has 29 heavy (non-hydrogen) atoms. The quantitative estimate of drug-likeness (QED) is 0.699. The second-order valence-electron chi connectivity index (χ2n) is 6.95. The zero-order valence-electron chi connectivity index (χ0n) is 16.0. The van der Waals surface area contributed by atoms with Gasteiger partial charge in [0.1, 0.15) is 5.75 Å². The van der Waals surface area contributed by atoms with Crippen molar-refractivity contribution in [2.75, 3.05) is 0 Å². The van der Waals surface area contributed by atoms with E-state index in [9.17, 15) is 18.0 Å². The van der Waals surface area contributed by atoms with E-state index in [1.165, 1.54) is 34.9 Å². The van der Waals surface area contributed by atoms with Crippen LogP contribution in [0.5, 0.6) is 5.75 Å². The number of hydrogen-bond donors (Lipinski definition) is 1. The van der Waals surface area contributed by atoms with Gasteiger partial charge in [-0.2, -0.15) is 13.2 Å². The highest BCUT2D eigenvalue weighted by molar-refractivity contribution is 5.92. The van der Waals surface area contributed by atoms with Crippen molar-refractivity contribution in [3.8, 4) is 17.1 Å². The van der Waals surface area contributed by atoms with Gasteiger partial charge < -0.3 is 15.0 Å². The maximum Gasteiger partial charge on any atom is 0.417 e. The average Bonchev–Trinajstić information content (AvgIpc) is 3.03. The van der Waals surface area contributed by atoms with Gasteiger partial charge in [0.25, 0.3) is 0 Å². The highest BCUT2D eigenvalue weighted by Crippen LogP contribution is 2.37. The fourth-order valence-electron chi connectivity index (χ4n) is 3.04. The lowest BCUT2D eigenvalue weighted by atomic mass is 10.1. The lowest BCUT2D eigenvalue weighted by molar-refractivity contribution is -0.137. The van der Waals surface area contributed by atoms with Crippen LogP contribution in [0.3, 0.4) is 0 Å². The molecule has 1 heterocycles. The number of halogens is 3. The van der Waals surface area contributed by atoms with E-state index in [-0.39, 0.29) is 11.4 Å². The Labute approximate surface area is 165 Å². The van der Waals surface area contributed by atoms with Crippen molar-refractivity contribution < 1.29 is 22.7 Å². The average molecular weight is 404 g/mol. The fourth-order valence-corrected chi connectivity index (χ4v) is 3.04. The molecular formula is C20H19F3N4O2. The molecule has 0 bridgehead atoms. The Kier molecular flexibility index (Phi) is 5.08. The number of rotatable bonds is 5. The van der Waals surface area contributed by atoms with E-state index in [0.717, 1.165) is 6.07 Å². The van der Waals surface area contributed by atoms with E-state index in [1.807, 2.05) is 0 Å². The van der Waals surface area contributed by atoms with Crippen molar-refractivity contribution >= 4 is 5.91 Å². The van der Waals surface area contributed by atoms with Crippen molar-refractivity contribution in [2.24, 2.45) is 12.8 Å². The van der Waals surface area contributed by atoms with Crippen LogP contribution in [0.1, 0.15) is 35.6 Å². The Morgan fingerprint density at radius 3 is 2.24 bits per heavy atom. The van der Waals surface area contributed by atoms with Crippen LogP contribution in [0.15, 0.2) is 48.5 Å². The van der Waals surface area contributed by atoms with Gasteiger partial charge >= 0.3 is 6.18 Å². The Balaban J connectivity index is 1.95. The second-order valence-corrected chi connectivity index (χ2v) is 6.95. The summed E-state index contributed by atoms with van der Waals surface area (Å²) in [5, 5.41) is 8.05. The highest BCUT2D eigenvalue weighted by Gasteiger charge is 2.36. The number of carbonyl (C=O) groups is 1. The summed E-state index contributed by atoms with van der Waals surface area (Å²) in [5.41, 5.74) is 3.69. The molecule has 152 valence electrons. The summed E-state index contributed by atoms with van der Waals surface area (Å²) < 4.78 is 47.5. The third-order valence-corrected chi connectivity index (χ3v) is 4.40. The number of amides is 1. The summed E-state index contributed by atoms with van der Waals surface area (Å²) in [5.74, 6) is 0.300. The highest BCUT2D eigenvalue weighted by atomic mass is 19.4. The lowest BCUT2D eigenvalue weighted by Crippen LogP contribution is -2.29. The van der Waals surface area contributed by atoms with E-state index >= 15 is 0 Å². The van der Waals surface area contributed by atoms with Gasteiger partial charge in [0.15, 0.2) is 17.2 Å². The number of hydrogen-bond acceptors (Lipinski definition) is 4. The SMILES string of the molecule is Cn1c(-c2ccccc2C(F)(F)F)nnc1C(C)(C)Oc1ccc(C(N)=O)cc1. The maximum atomic E-state index is 13.4. The molecule has 1 amide bonds. The van der Waals surface area contributed by atoms with E-state index in [2.05, 4.69) is 10.2 Å². The van der Waals surface area contributed by atoms with Gasteiger partial charge in [0, 0.05) is 18.2 Å². The minimum absolute atomic E-state index is 0.0668. The van der Waals surface area contributed by atoms with Gasteiger partial charge in [-0.1, -0.05) is 18.2 Å². The standard InChI is InChI=1S/C20H19F3N4O2/c1-19(2,29-13-10-8-12(9-11-13)16(24)28)18-26-25-17(27(18)3)14-6-4-5-7-15(14)20(21,22)23/h4-11H,1-3H3,(H2,24,28). The zero-order chi connectivity index (χ0) is 21.4. The van der Waals surface area contributed by atoms with Crippen LogP contribution in [0.25, 0.3) is 11.4 Å². The van der Waals surface area contributed by atoms with Crippen LogP contribution in [0, 0.1) is 0 Å². The molecule has 0 saturated carbocycles. The number of nitrogens with zero attached hydrogens (tertiary/aromatic N) is 3. The molecule has 0 radical (unpaired) electrons. The van der Waals surface area contributed by atoms with E-state index < -0.39 is 23.2 Å². The first kappa shape index (κ1) is 20.4. The molecule has 6 nitrogen and oxygen atoms in total. The Morgan fingerprint density at radius 1 is 1.03 bits per heavy atom. The molecule has 2 N–H and O–H groups in total. The van der Waals surface area contributed by atoms with Crippen LogP contribution in [-0.2, 0) is 18.8 Å². The summed E-state index contributed by atoms with van der Waals surface area (Å²) in [7, 11) is 1.58. The Hall–Kier alpha value is -3.36. The molecule has 0 aliphatic rings. The number of benzene rings is 2. The summed E-state index contributed by atoms with van der Waals surface area (Å²) in [6.45, 7) is 3.44. The maximum absolute atomic E-state index is 13.4. The summed E-state index contributed by atoms with van der Waals surface area (Å²) in [6, 6.07) is 11.4. The van der Waals surface area contributed by atoms with Crippen molar-refractivity contribution in [3.05, 3.63) is 65.5 Å². The van der Waals surface area contributed by atoms with E-state index in [0.29, 0.717) is 17.1 Å². The van der Waals surface area contributed by atoms with E-state index in [4.69, 9.17) is 10.5 Å². The first-order valence-corrected chi connectivity index (χ1v) is 8.66. The molecule has 0 spiro atoms. The first-order valence-electron chi connectivity index (χ1n) is 8.66. The summed E-state index contributed by atoms with van der Waals surface area (Å²) in [4.78, 5) is 11.2. The molecule has 0 atom stereocenters. The number of ether oxygens (including phenoxy) is 1. The smallest absolute Gasteiger partial charge is 0.417 e. The third-order valence-electron chi connectivity index (χ3n) is 4.40. The van der Waals surface area contributed by atoms with Gasteiger partial charge in [-0.05, 0) is 44.2 Å². The van der Waals surface area contributed by atoms with Gasteiger partial charge in [-0.15, -0.1) is 10.2 Å². The zero-order valence-corrected chi connectivity index (χ0v) is 16.0. The lowest BCUT2D eigenvalue weighted by Gasteiger charge is -2.25. The minimum Gasteiger partial charge on any atom is -0.480 e.